The zero-order chi connectivity index (χ0) is 15.4. The van der Waals surface area contributed by atoms with Crippen molar-refractivity contribution in [3.05, 3.63) is 52.2 Å². The highest BCUT2D eigenvalue weighted by Gasteiger charge is 2.13. The van der Waals surface area contributed by atoms with Crippen LogP contribution in [0.4, 0.5) is 5.69 Å². The van der Waals surface area contributed by atoms with Gasteiger partial charge in [-0.05, 0) is 18.6 Å². The van der Waals surface area contributed by atoms with Crippen LogP contribution in [0.2, 0.25) is 0 Å². The molecule has 0 radical (unpaired) electrons. The van der Waals surface area contributed by atoms with Crippen molar-refractivity contribution in [1.29, 1.82) is 0 Å². The van der Waals surface area contributed by atoms with Crippen LogP contribution in [0, 0.1) is 10.1 Å². The number of hydrogen-bond acceptors (Lipinski definition) is 6. The van der Waals surface area contributed by atoms with E-state index < -0.39 is 4.92 Å². The van der Waals surface area contributed by atoms with Crippen molar-refractivity contribution < 1.29 is 14.4 Å². The summed E-state index contributed by atoms with van der Waals surface area (Å²) in [6.07, 6.45) is 1.62. The molecule has 0 aliphatic carbocycles. The number of benzene rings is 1. The number of hydrogen-bond donors (Lipinski definition) is 1. The first-order valence-electron chi connectivity index (χ1n) is 6.23. The fraction of sp³-hybridized carbons (Fsp3) is 0.214. The van der Waals surface area contributed by atoms with Gasteiger partial charge in [-0.1, -0.05) is 6.07 Å². The molecule has 2 rings (SSSR count). The second-order valence-corrected chi connectivity index (χ2v) is 4.41. The van der Waals surface area contributed by atoms with Crippen molar-refractivity contribution in [1.82, 2.24) is 4.98 Å². The average Bonchev–Trinajstić information content (AvgIpc) is 2.48. The van der Waals surface area contributed by atoms with Gasteiger partial charge in [-0.3, -0.25) is 10.1 Å². The van der Waals surface area contributed by atoms with E-state index in [0.717, 1.165) is 5.56 Å². The Balaban J connectivity index is 2.24. The van der Waals surface area contributed by atoms with Crippen molar-refractivity contribution >= 4 is 5.69 Å². The second-order valence-electron chi connectivity index (χ2n) is 4.41. The number of rotatable bonds is 5. The lowest BCUT2D eigenvalue weighted by Gasteiger charge is -2.10. The van der Waals surface area contributed by atoms with Crippen LogP contribution >= 0.6 is 0 Å². The number of nitrogens with two attached hydrogens (primary N) is 1. The zero-order valence-electron chi connectivity index (χ0n) is 11.6. The minimum atomic E-state index is -0.498. The lowest BCUT2D eigenvalue weighted by Crippen LogP contribution is -2.05. The maximum Gasteiger partial charge on any atom is 0.273 e. The highest BCUT2D eigenvalue weighted by atomic mass is 16.6. The van der Waals surface area contributed by atoms with Crippen molar-refractivity contribution in [3.63, 3.8) is 0 Å². The standard InChI is InChI=1S/C14H15N3O4/c1-9(15)10-3-6-14(16-8-10)21-12-5-4-11(17(18)19)7-13(12)20-2/h3-9H,15H2,1-2H3/t9-/m0/s1. The molecule has 0 aliphatic rings. The highest BCUT2D eigenvalue weighted by molar-refractivity contribution is 5.49. The third kappa shape index (κ3) is 3.46. The largest absolute Gasteiger partial charge is 0.493 e. The zero-order valence-corrected chi connectivity index (χ0v) is 11.6. The number of methoxy groups -OCH3 is 1. The SMILES string of the molecule is COc1cc([N+](=O)[O-])ccc1Oc1ccc([C@H](C)N)cn1. The minimum Gasteiger partial charge on any atom is -0.493 e. The van der Waals surface area contributed by atoms with Gasteiger partial charge in [0.2, 0.25) is 5.88 Å². The predicted octanol–water partition coefficient (Wildman–Crippen LogP) is 2.81. The van der Waals surface area contributed by atoms with E-state index in [1.54, 1.807) is 12.3 Å². The van der Waals surface area contributed by atoms with Gasteiger partial charge in [0.05, 0.1) is 18.1 Å². The fourth-order valence-corrected chi connectivity index (χ4v) is 1.69. The molecule has 7 nitrogen and oxygen atoms in total. The fourth-order valence-electron chi connectivity index (χ4n) is 1.69. The van der Waals surface area contributed by atoms with E-state index in [1.165, 1.54) is 25.3 Å². The van der Waals surface area contributed by atoms with Crippen LogP contribution in [-0.2, 0) is 0 Å². The Bertz CT molecular complexity index is 641. The van der Waals surface area contributed by atoms with Crippen molar-refractivity contribution in [2.24, 2.45) is 5.73 Å². The van der Waals surface area contributed by atoms with Crippen molar-refractivity contribution in [3.8, 4) is 17.4 Å². The third-order valence-electron chi connectivity index (χ3n) is 2.86. The van der Waals surface area contributed by atoms with Crippen LogP contribution in [0.1, 0.15) is 18.5 Å². The molecule has 21 heavy (non-hydrogen) atoms. The molecule has 1 aromatic heterocycles. The molecular formula is C14H15N3O4. The van der Waals surface area contributed by atoms with Gasteiger partial charge in [-0.25, -0.2) is 4.98 Å². The maximum absolute atomic E-state index is 10.7. The quantitative estimate of drug-likeness (QED) is 0.671. The predicted molar refractivity (Wildman–Crippen MR) is 76.6 cm³/mol. The molecule has 0 saturated heterocycles. The first-order valence-corrected chi connectivity index (χ1v) is 6.23. The van der Waals surface area contributed by atoms with Gasteiger partial charge < -0.3 is 15.2 Å². The monoisotopic (exact) mass is 289 g/mol. The van der Waals surface area contributed by atoms with Gasteiger partial charge in [0.15, 0.2) is 11.5 Å². The Morgan fingerprint density at radius 3 is 2.57 bits per heavy atom. The molecular weight excluding hydrogens is 274 g/mol. The van der Waals surface area contributed by atoms with Crippen LogP contribution in [0.3, 0.4) is 0 Å². The summed E-state index contributed by atoms with van der Waals surface area (Å²) in [7, 11) is 1.42. The van der Waals surface area contributed by atoms with Crippen LogP contribution in [0.15, 0.2) is 36.5 Å². The summed E-state index contributed by atoms with van der Waals surface area (Å²) in [4.78, 5) is 14.4. The van der Waals surface area contributed by atoms with Gasteiger partial charge in [0.1, 0.15) is 0 Å². The molecule has 0 aliphatic heterocycles. The molecule has 1 atom stereocenters. The Morgan fingerprint density at radius 2 is 2.05 bits per heavy atom. The minimum absolute atomic E-state index is 0.0699. The normalized spacial score (nSPS) is 11.8. The van der Waals surface area contributed by atoms with Crippen LogP contribution in [0.25, 0.3) is 0 Å². The molecule has 110 valence electrons. The topological polar surface area (TPSA) is 101 Å². The first-order chi connectivity index (χ1) is 10.0. The molecule has 1 heterocycles. The average molecular weight is 289 g/mol. The van der Waals surface area contributed by atoms with E-state index in [2.05, 4.69) is 4.98 Å². The number of aromatic nitrogens is 1. The summed E-state index contributed by atoms with van der Waals surface area (Å²) in [6.45, 7) is 1.86. The van der Waals surface area contributed by atoms with Crippen molar-refractivity contribution in [2.75, 3.05) is 7.11 Å². The lowest BCUT2D eigenvalue weighted by atomic mass is 10.2. The molecule has 2 N–H and O–H groups in total. The summed E-state index contributed by atoms with van der Waals surface area (Å²) in [5.41, 5.74) is 6.56. The summed E-state index contributed by atoms with van der Waals surface area (Å²) in [6, 6.07) is 7.49. The number of pyridine rings is 1. The maximum atomic E-state index is 10.7. The first kappa shape index (κ1) is 14.7. The number of non-ortho nitro benzene ring substituents is 1. The van der Waals surface area contributed by atoms with E-state index >= 15 is 0 Å². The highest BCUT2D eigenvalue weighted by Crippen LogP contribution is 2.33. The summed E-state index contributed by atoms with van der Waals surface area (Å²) in [5.74, 6) is 0.970. The van der Waals surface area contributed by atoms with Gasteiger partial charge in [0.25, 0.3) is 5.69 Å². The molecule has 2 aromatic rings. The summed E-state index contributed by atoms with van der Waals surface area (Å²) in [5, 5.41) is 10.7. The number of nitro benzene ring substituents is 1. The van der Waals surface area contributed by atoms with E-state index in [9.17, 15) is 10.1 Å². The molecule has 0 unspecified atom stereocenters. The lowest BCUT2D eigenvalue weighted by molar-refractivity contribution is -0.384. The molecule has 0 spiro atoms. The molecule has 0 bridgehead atoms. The smallest absolute Gasteiger partial charge is 0.273 e. The Kier molecular flexibility index (Phi) is 4.34. The van der Waals surface area contributed by atoms with Crippen LogP contribution in [-0.4, -0.2) is 17.0 Å². The summed E-state index contributed by atoms with van der Waals surface area (Å²) < 4.78 is 10.7. The number of ether oxygens (including phenoxy) is 2. The summed E-state index contributed by atoms with van der Waals surface area (Å²) >= 11 is 0. The molecule has 0 amide bonds. The molecule has 0 saturated carbocycles. The van der Waals surface area contributed by atoms with E-state index in [4.69, 9.17) is 15.2 Å². The Labute approximate surface area is 121 Å². The Morgan fingerprint density at radius 1 is 1.29 bits per heavy atom. The van der Waals surface area contributed by atoms with E-state index in [-0.39, 0.29) is 17.5 Å². The number of nitro groups is 1. The van der Waals surface area contributed by atoms with E-state index in [0.29, 0.717) is 11.6 Å². The molecule has 0 fully saturated rings. The third-order valence-corrected chi connectivity index (χ3v) is 2.86. The Hall–Kier alpha value is -2.67. The molecule has 7 heteroatoms. The van der Waals surface area contributed by atoms with Gasteiger partial charge >= 0.3 is 0 Å². The van der Waals surface area contributed by atoms with Gasteiger partial charge in [-0.2, -0.15) is 0 Å². The van der Waals surface area contributed by atoms with Crippen LogP contribution < -0.4 is 15.2 Å². The van der Waals surface area contributed by atoms with E-state index in [1.807, 2.05) is 13.0 Å². The second kappa shape index (κ2) is 6.19. The van der Waals surface area contributed by atoms with Crippen LogP contribution in [0.5, 0.6) is 17.4 Å². The van der Waals surface area contributed by atoms with Gasteiger partial charge in [0, 0.05) is 24.4 Å². The van der Waals surface area contributed by atoms with Gasteiger partial charge in [-0.15, -0.1) is 0 Å². The van der Waals surface area contributed by atoms with Crippen molar-refractivity contribution in [2.45, 2.75) is 13.0 Å². The molecule has 1 aromatic carbocycles. The number of nitrogens with zero attached hydrogens (tertiary/aromatic N) is 2.